The molecule has 0 atom stereocenters. The Morgan fingerprint density at radius 3 is 2.17 bits per heavy atom. The second-order valence-corrected chi connectivity index (χ2v) is 5.59. The highest BCUT2D eigenvalue weighted by Crippen LogP contribution is 2.25. The number of nitrogens with two attached hydrogens (primary N) is 1. The van der Waals surface area contributed by atoms with Gasteiger partial charge in [0.2, 0.25) is 0 Å². The molecular weight excluding hydrogens is 236 g/mol. The van der Waals surface area contributed by atoms with E-state index in [1.165, 1.54) is 12.1 Å². The van der Waals surface area contributed by atoms with Gasteiger partial charge in [-0.15, -0.1) is 0 Å². The summed E-state index contributed by atoms with van der Waals surface area (Å²) in [7, 11) is 0. The lowest BCUT2D eigenvalue weighted by molar-refractivity contribution is 0.226. The van der Waals surface area contributed by atoms with E-state index in [1.807, 2.05) is 20.8 Å². The molecule has 0 heterocycles. The molecule has 18 heavy (non-hydrogen) atoms. The lowest BCUT2D eigenvalue weighted by atomic mass is 9.93. The Bertz CT molecular complexity index is 376. The fraction of sp³-hybridized carbons (Fsp3) is 0.571. The van der Waals surface area contributed by atoms with E-state index in [-0.39, 0.29) is 11.2 Å². The topological polar surface area (TPSA) is 35.2 Å². The minimum atomic E-state index is -0.660. The van der Waals surface area contributed by atoms with Crippen LogP contribution in [0.2, 0.25) is 0 Å². The first-order chi connectivity index (χ1) is 8.33. The maximum atomic E-state index is 13.6. The molecule has 0 unspecified atom stereocenters. The van der Waals surface area contributed by atoms with Crippen molar-refractivity contribution >= 4 is 0 Å². The van der Waals surface area contributed by atoms with Crippen LogP contribution in [0.15, 0.2) is 12.1 Å². The summed E-state index contributed by atoms with van der Waals surface area (Å²) in [5.74, 6) is -1.61. The van der Waals surface area contributed by atoms with Gasteiger partial charge in [0.05, 0.1) is 6.61 Å². The van der Waals surface area contributed by atoms with Crippen LogP contribution >= 0.6 is 0 Å². The van der Waals surface area contributed by atoms with Gasteiger partial charge in [-0.3, -0.25) is 0 Å². The smallest absolute Gasteiger partial charge is 0.190 e. The lowest BCUT2D eigenvalue weighted by Crippen LogP contribution is -2.12. The standard InChI is InChI=1S/C14H21F2NO/c1-14(2,3)5-7-18-13-11(15)8-10(4-6-17)9-12(13)16/h8-9H,4-7,17H2,1-3H3. The van der Waals surface area contributed by atoms with Gasteiger partial charge in [-0.1, -0.05) is 20.8 Å². The average Bonchev–Trinajstić information content (AvgIpc) is 2.21. The third-order valence-corrected chi connectivity index (χ3v) is 2.59. The molecule has 1 aromatic rings. The second-order valence-electron chi connectivity index (χ2n) is 5.59. The third kappa shape index (κ3) is 4.61. The van der Waals surface area contributed by atoms with Crippen molar-refractivity contribution in [2.24, 2.45) is 11.1 Å². The van der Waals surface area contributed by atoms with Crippen LogP contribution < -0.4 is 10.5 Å². The van der Waals surface area contributed by atoms with E-state index in [4.69, 9.17) is 10.5 Å². The van der Waals surface area contributed by atoms with Gasteiger partial charge in [0.15, 0.2) is 17.4 Å². The molecule has 0 amide bonds. The van der Waals surface area contributed by atoms with Crippen molar-refractivity contribution in [3.05, 3.63) is 29.3 Å². The number of hydrogen-bond donors (Lipinski definition) is 1. The number of halogens is 2. The maximum absolute atomic E-state index is 13.6. The van der Waals surface area contributed by atoms with Gasteiger partial charge in [-0.05, 0) is 42.5 Å². The van der Waals surface area contributed by atoms with Crippen LogP contribution in [0.25, 0.3) is 0 Å². The van der Waals surface area contributed by atoms with Crippen LogP contribution in [-0.4, -0.2) is 13.2 Å². The Hall–Kier alpha value is -1.16. The zero-order chi connectivity index (χ0) is 13.8. The van der Waals surface area contributed by atoms with Gasteiger partial charge in [0.25, 0.3) is 0 Å². The van der Waals surface area contributed by atoms with Gasteiger partial charge in [-0.25, -0.2) is 8.78 Å². The molecule has 0 aliphatic rings. The Morgan fingerprint density at radius 2 is 1.72 bits per heavy atom. The minimum Gasteiger partial charge on any atom is -0.488 e. The van der Waals surface area contributed by atoms with Crippen molar-refractivity contribution in [2.75, 3.05) is 13.2 Å². The molecule has 0 spiro atoms. The molecule has 102 valence electrons. The molecule has 0 bridgehead atoms. The van der Waals surface area contributed by atoms with Crippen molar-refractivity contribution in [3.63, 3.8) is 0 Å². The first-order valence-corrected chi connectivity index (χ1v) is 6.14. The van der Waals surface area contributed by atoms with Gasteiger partial charge in [0.1, 0.15) is 0 Å². The summed E-state index contributed by atoms with van der Waals surface area (Å²) in [5, 5.41) is 0. The summed E-state index contributed by atoms with van der Waals surface area (Å²) in [4.78, 5) is 0. The van der Waals surface area contributed by atoms with Crippen molar-refractivity contribution in [1.82, 2.24) is 0 Å². The van der Waals surface area contributed by atoms with Crippen molar-refractivity contribution < 1.29 is 13.5 Å². The number of hydrogen-bond acceptors (Lipinski definition) is 2. The highest BCUT2D eigenvalue weighted by Gasteiger charge is 2.15. The zero-order valence-corrected chi connectivity index (χ0v) is 11.2. The number of ether oxygens (including phenoxy) is 1. The van der Waals surface area contributed by atoms with Crippen molar-refractivity contribution in [2.45, 2.75) is 33.6 Å². The molecular formula is C14H21F2NO. The predicted octanol–water partition coefficient (Wildman–Crippen LogP) is 3.28. The number of benzene rings is 1. The molecule has 2 nitrogen and oxygen atoms in total. The summed E-state index contributed by atoms with van der Waals surface area (Å²) < 4.78 is 32.5. The van der Waals surface area contributed by atoms with E-state index < -0.39 is 11.6 Å². The van der Waals surface area contributed by atoms with Gasteiger partial charge >= 0.3 is 0 Å². The SMILES string of the molecule is CC(C)(C)CCOc1c(F)cc(CCN)cc1F. The second kappa shape index (κ2) is 6.14. The van der Waals surface area contributed by atoms with Crippen LogP contribution in [0.4, 0.5) is 8.78 Å². The highest BCUT2D eigenvalue weighted by atomic mass is 19.1. The molecule has 1 aromatic carbocycles. The molecule has 0 saturated carbocycles. The molecule has 0 aromatic heterocycles. The molecule has 0 saturated heterocycles. The van der Waals surface area contributed by atoms with E-state index in [0.29, 0.717) is 25.1 Å². The van der Waals surface area contributed by atoms with Crippen molar-refractivity contribution in [3.8, 4) is 5.75 Å². The molecule has 0 aliphatic heterocycles. The quantitative estimate of drug-likeness (QED) is 0.878. The fourth-order valence-electron chi connectivity index (χ4n) is 1.52. The maximum Gasteiger partial charge on any atom is 0.190 e. The van der Waals surface area contributed by atoms with Crippen LogP contribution in [0.3, 0.4) is 0 Å². The van der Waals surface area contributed by atoms with Gasteiger partial charge < -0.3 is 10.5 Å². The van der Waals surface area contributed by atoms with E-state index in [9.17, 15) is 8.78 Å². The Labute approximate surface area is 107 Å². The summed E-state index contributed by atoms with van der Waals surface area (Å²) in [6.07, 6.45) is 1.19. The van der Waals surface area contributed by atoms with Crippen LogP contribution in [0, 0.1) is 17.0 Å². The first kappa shape index (κ1) is 14.9. The predicted molar refractivity (Wildman–Crippen MR) is 68.7 cm³/mol. The highest BCUT2D eigenvalue weighted by molar-refractivity contribution is 5.31. The zero-order valence-electron chi connectivity index (χ0n) is 11.2. The van der Waals surface area contributed by atoms with Crippen LogP contribution in [0.5, 0.6) is 5.75 Å². The Kier molecular flexibility index (Phi) is 5.08. The lowest BCUT2D eigenvalue weighted by Gasteiger charge is -2.18. The largest absolute Gasteiger partial charge is 0.488 e. The molecule has 1 rings (SSSR count). The average molecular weight is 257 g/mol. The Morgan fingerprint density at radius 1 is 1.17 bits per heavy atom. The monoisotopic (exact) mass is 257 g/mol. The molecule has 0 aliphatic carbocycles. The summed E-state index contributed by atoms with van der Waals surface area (Å²) in [6.45, 7) is 6.81. The molecule has 2 N–H and O–H groups in total. The van der Waals surface area contributed by atoms with Crippen LogP contribution in [-0.2, 0) is 6.42 Å². The molecule has 0 fully saturated rings. The van der Waals surface area contributed by atoms with E-state index in [1.54, 1.807) is 0 Å². The Balaban J connectivity index is 2.71. The summed E-state index contributed by atoms with van der Waals surface area (Å²) in [6, 6.07) is 2.56. The fourth-order valence-corrected chi connectivity index (χ4v) is 1.52. The number of rotatable bonds is 5. The third-order valence-electron chi connectivity index (χ3n) is 2.59. The summed E-state index contributed by atoms with van der Waals surface area (Å²) >= 11 is 0. The minimum absolute atomic E-state index is 0.0758. The van der Waals surface area contributed by atoms with E-state index in [2.05, 4.69) is 0 Å². The van der Waals surface area contributed by atoms with E-state index in [0.717, 1.165) is 6.42 Å². The van der Waals surface area contributed by atoms with E-state index >= 15 is 0 Å². The molecule has 4 heteroatoms. The van der Waals surface area contributed by atoms with Gasteiger partial charge in [-0.2, -0.15) is 0 Å². The van der Waals surface area contributed by atoms with Crippen LogP contribution in [0.1, 0.15) is 32.8 Å². The van der Waals surface area contributed by atoms with Crippen molar-refractivity contribution in [1.29, 1.82) is 0 Å². The summed E-state index contributed by atoms with van der Waals surface area (Å²) in [5.41, 5.74) is 5.98. The molecule has 0 radical (unpaired) electrons. The normalized spacial score (nSPS) is 11.7. The first-order valence-electron chi connectivity index (χ1n) is 6.14. The van der Waals surface area contributed by atoms with Gasteiger partial charge in [0, 0.05) is 0 Å².